The van der Waals surface area contributed by atoms with Gasteiger partial charge in [0.25, 0.3) is 0 Å². The number of rotatable bonds is 6. The Balaban J connectivity index is 2.44. The van der Waals surface area contributed by atoms with Crippen molar-refractivity contribution in [1.82, 2.24) is 20.3 Å². The fourth-order valence-electron chi connectivity index (χ4n) is 2.19. The molecular weight excluding hydrogens is 340 g/mol. The summed E-state index contributed by atoms with van der Waals surface area (Å²) in [5.74, 6) is 0. The largest absolute Gasteiger partial charge is 0.305 e. The quantitative estimate of drug-likeness (QED) is 0.855. The monoisotopic (exact) mass is 356 g/mol. The molecule has 0 bridgehead atoms. The van der Waals surface area contributed by atoms with E-state index in [0.717, 1.165) is 40.3 Å². The van der Waals surface area contributed by atoms with E-state index >= 15 is 0 Å². The van der Waals surface area contributed by atoms with Crippen molar-refractivity contribution < 1.29 is 0 Å². The van der Waals surface area contributed by atoms with Gasteiger partial charge in [-0.3, -0.25) is 0 Å². The highest BCUT2D eigenvalue weighted by atomic mass is 79.9. The molecule has 1 unspecified atom stereocenters. The molecule has 2 aromatic rings. The lowest BCUT2D eigenvalue weighted by Gasteiger charge is -2.20. The average molecular weight is 358 g/mol. The van der Waals surface area contributed by atoms with Crippen LogP contribution in [0.15, 0.2) is 28.9 Å². The normalized spacial score (nSPS) is 12.6. The van der Waals surface area contributed by atoms with Crippen molar-refractivity contribution in [2.24, 2.45) is 0 Å². The number of halogens is 2. The molecule has 20 heavy (non-hydrogen) atoms. The van der Waals surface area contributed by atoms with Crippen LogP contribution in [0.3, 0.4) is 0 Å². The van der Waals surface area contributed by atoms with Gasteiger partial charge >= 0.3 is 0 Å². The first kappa shape index (κ1) is 15.5. The molecule has 0 radical (unpaired) electrons. The van der Waals surface area contributed by atoms with Crippen LogP contribution >= 0.6 is 27.5 Å². The third kappa shape index (κ3) is 3.40. The molecule has 0 aliphatic carbocycles. The SMILES string of the molecule is CCCn1nncc1C(NCC)c1cc(Br)ccc1Cl. The summed E-state index contributed by atoms with van der Waals surface area (Å²) in [6.45, 7) is 5.89. The summed E-state index contributed by atoms with van der Waals surface area (Å²) in [6.07, 6.45) is 2.82. The van der Waals surface area contributed by atoms with E-state index in [1.807, 2.05) is 22.9 Å². The van der Waals surface area contributed by atoms with E-state index in [1.165, 1.54) is 0 Å². The average Bonchev–Trinajstić information content (AvgIpc) is 2.88. The molecule has 1 atom stereocenters. The van der Waals surface area contributed by atoms with Gasteiger partial charge in [-0.05, 0) is 36.7 Å². The Morgan fingerprint density at radius 2 is 2.20 bits per heavy atom. The maximum Gasteiger partial charge on any atom is 0.0802 e. The van der Waals surface area contributed by atoms with Crippen molar-refractivity contribution in [2.45, 2.75) is 32.9 Å². The van der Waals surface area contributed by atoms with E-state index in [1.54, 1.807) is 6.20 Å². The Labute approximate surface area is 132 Å². The maximum atomic E-state index is 6.36. The van der Waals surface area contributed by atoms with Gasteiger partial charge in [-0.2, -0.15) is 0 Å². The third-order valence-corrected chi connectivity index (χ3v) is 3.89. The van der Waals surface area contributed by atoms with E-state index in [0.29, 0.717) is 0 Å². The van der Waals surface area contributed by atoms with E-state index < -0.39 is 0 Å². The van der Waals surface area contributed by atoms with Crippen molar-refractivity contribution >= 4 is 27.5 Å². The zero-order chi connectivity index (χ0) is 14.5. The minimum atomic E-state index is -0.00782. The van der Waals surface area contributed by atoms with Gasteiger partial charge in [-0.15, -0.1) is 5.10 Å². The molecule has 1 heterocycles. The Bertz CT molecular complexity index is 570. The van der Waals surface area contributed by atoms with Gasteiger partial charge in [0, 0.05) is 16.0 Å². The number of nitrogens with one attached hydrogen (secondary N) is 1. The van der Waals surface area contributed by atoms with Crippen LogP contribution in [0, 0.1) is 0 Å². The van der Waals surface area contributed by atoms with Gasteiger partial charge < -0.3 is 5.32 Å². The van der Waals surface area contributed by atoms with Crippen LogP contribution in [0.1, 0.15) is 37.6 Å². The first-order chi connectivity index (χ1) is 9.67. The molecule has 0 aliphatic rings. The van der Waals surface area contributed by atoms with Crippen molar-refractivity contribution in [3.8, 4) is 0 Å². The van der Waals surface area contributed by atoms with E-state index in [9.17, 15) is 0 Å². The lowest BCUT2D eigenvalue weighted by molar-refractivity contribution is 0.511. The Morgan fingerprint density at radius 3 is 2.90 bits per heavy atom. The second-order valence-corrected chi connectivity index (χ2v) is 5.86. The van der Waals surface area contributed by atoms with Gasteiger partial charge in [0.05, 0.1) is 17.9 Å². The Hall–Kier alpha value is -0.910. The van der Waals surface area contributed by atoms with Gasteiger partial charge in [-0.25, -0.2) is 4.68 Å². The molecule has 1 aromatic heterocycles. The Morgan fingerprint density at radius 1 is 1.40 bits per heavy atom. The molecule has 1 N–H and O–H groups in total. The summed E-state index contributed by atoms with van der Waals surface area (Å²) in [6, 6.07) is 5.88. The van der Waals surface area contributed by atoms with Gasteiger partial charge in [0.2, 0.25) is 0 Å². The van der Waals surface area contributed by atoms with Crippen molar-refractivity contribution in [3.63, 3.8) is 0 Å². The molecule has 0 amide bonds. The fraction of sp³-hybridized carbons (Fsp3) is 0.429. The minimum absolute atomic E-state index is 0.00782. The van der Waals surface area contributed by atoms with Crippen LogP contribution in [0.2, 0.25) is 5.02 Å². The van der Waals surface area contributed by atoms with Gasteiger partial charge in [0.1, 0.15) is 0 Å². The number of aryl methyl sites for hydroxylation is 1. The van der Waals surface area contributed by atoms with Gasteiger partial charge in [0.15, 0.2) is 0 Å². The van der Waals surface area contributed by atoms with Crippen molar-refractivity contribution in [1.29, 1.82) is 0 Å². The second-order valence-electron chi connectivity index (χ2n) is 4.54. The molecule has 108 valence electrons. The van der Waals surface area contributed by atoms with E-state index in [4.69, 9.17) is 11.6 Å². The van der Waals surface area contributed by atoms with Gasteiger partial charge in [-0.1, -0.05) is 46.6 Å². The zero-order valence-electron chi connectivity index (χ0n) is 11.6. The summed E-state index contributed by atoms with van der Waals surface area (Å²) < 4.78 is 2.94. The highest BCUT2D eigenvalue weighted by molar-refractivity contribution is 9.10. The highest BCUT2D eigenvalue weighted by Crippen LogP contribution is 2.30. The summed E-state index contributed by atoms with van der Waals surface area (Å²) in [7, 11) is 0. The molecule has 0 fully saturated rings. The first-order valence-electron chi connectivity index (χ1n) is 6.74. The summed E-state index contributed by atoms with van der Waals surface area (Å²) in [4.78, 5) is 0. The van der Waals surface area contributed by atoms with Crippen LogP contribution in [0.5, 0.6) is 0 Å². The number of hydrogen-bond donors (Lipinski definition) is 1. The standard InChI is InChI=1S/C14H18BrClN4/c1-3-7-20-13(9-18-19-20)14(17-4-2)11-8-10(15)5-6-12(11)16/h5-6,8-9,14,17H,3-4,7H2,1-2H3. The van der Waals surface area contributed by atoms with E-state index in [-0.39, 0.29) is 6.04 Å². The predicted molar refractivity (Wildman–Crippen MR) is 85.0 cm³/mol. The number of hydrogen-bond acceptors (Lipinski definition) is 3. The molecule has 6 heteroatoms. The topological polar surface area (TPSA) is 42.7 Å². The van der Waals surface area contributed by atoms with E-state index in [2.05, 4.69) is 45.4 Å². The van der Waals surface area contributed by atoms with Crippen LogP contribution in [-0.4, -0.2) is 21.5 Å². The molecule has 0 saturated heterocycles. The highest BCUT2D eigenvalue weighted by Gasteiger charge is 2.20. The van der Waals surface area contributed by atoms with Crippen LogP contribution in [0.25, 0.3) is 0 Å². The first-order valence-corrected chi connectivity index (χ1v) is 7.91. The lowest BCUT2D eigenvalue weighted by atomic mass is 10.0. The molecule has 4 nitrogen and oxygen atoms in total. The summed E-state index contributed by atoms with van der Waals surface area (Å²) >= 11 is 9.87. The molecule has 0 spiro atoms. The molecule has 1 aromatic carbocycles. The molecular formula is C14H18BrClN4. The Kier molecular flexibility index (Phi) is 5.57. The lowest BCUT2D eigenvalue weighted by Crippen LogP contribution is -2.25. The molecule has 0 saturated carbocycles. The maximum absolute atomic E-state index is 6.36. The number of nitrogens with zero attached hydrogens (tertiary/aromatic N) is 3. The van der Waals surface area contributed by atoms with Crippen LogP contribution < -0.4 is 5.32 Å². The van der Waals surface area contributed by atoms with Crippen molar-refractivity contribution in [3.05, 3.63) is 45.1 Å². The summed E-state index contributed by atoms with van der Waals surface area (Å²) in [5.41, 5.74) is 2.07. The van der Waals surface area contributed by atoms with Crippen LogP contribution in [-0.2, 0) is 6.54 Å². The third-order valence-electron chi connectivity index (χ3n) is 3.06. The molecule has 2 rings (SSSR count). The van der Waals surface area contributed by atoms with Crippen molar-refractivity contribution in [2.75, 3.05) is 6.54 Å². The minimum Gasteiger partial charge on any atom is -0.305 e. The molecule has 0 aliphatic heterocycles. The summed E-state index contributed by atoms with van der Waals surface area (Å²) in [5, 5.41) is 12.4. The fourth-order valence-corrected chi connectivity index (χ4v) is 2.79. The van der Waals surface area contributed by atoms with Crippen LogP contribution in [0.4, 0.5) is 0 Å². The second kappa shape index (κ2) is 7.20. The smallest absolute Gasteiger partial charge is 0.0802 e. The zero-order valence-corrected chi connectivity index (χ0v) is 13.9. The predicted octanol–water partition coefficient (Wildman–Crippen LogP) is 3.80. The number of benzene rings is 1. The number of aromatic nitrogens is 3.